The van der Waals surface area contributed by atoms with Gasteiger partial charge in [-0.3, -0.25) is 0 Å². The van der Waals surface area contributed by atoms with Crippen molar-refractivity contribution in [3.8, 4) is 5.75 Å². The van der Waals surface area contributed by atoms with Crippen LogP contribution in [0, 0.1) is 5.92 Å². The molecule has 23 heavy (non-hydrogen) atoms. The predicted molar refractivity (Wildman–Crippen MR) is 93.8 cm³/mol. The van der Waals surface area contributed by atoms with E-state index in [1.165, 1.54) is 0 Å². The number of urea groups is 1. The molecular formula is C19H24N2O2. The molecule has 0 unspecified atom stereocenters. The molecule has 0 aliphatic carbocycles. The van der Waals surface area contributed by atoms with E-state index >= 15 is 0 Å². The van der Waals surface area contributed by atoms with Gasteiger partial charge in [0.1, 0.15) is 5.75 Å². The third kappa shape index (κ3) is 4.25. The van der Waals surface area contributed by atoms with Gasteiger partial charge >= 0.3 is 6.03 Å². The second-order valence-corrected chi connectivity index (χ2v) is 5.87. The van der Waals surface area contributed by atoms with Crippen LogP contribution in [-0.2, 0) is 0 Å². The van der Waals surface area contributed by atoms with Crippen molar-refractivity contribution in [3.05, 3.63) is 60.2 Å². The van der Waals surface area contributed by atoms with Gasteiger partial charge in [-0.25, -0.2) is 4.79 Å². The Morgan fingerprint density at radius 1 is 1.09 bits per heavy atom. The molecule has 122 valence electrons. The largest absolute Gasteiger partial charge is 0.497 e. The van der Waals surface area contributed by atoms with Crippen LogP contribution in [0.4, 0.5) is 10.5 Å². The average molecular weight is 312 g/mol. The fraction of sp³-hybridized carbons (Fsp3) is 0.316. The van der Waals surface area contributed by atoms with Gasteiger partial charge in [-0.15, -0.1) is 0 Å². The first kappa shape index (κ1) is 16.9. The summed E-state index contributed by atoms with van der Waals surface area (Å²) in [6, 6.07) is 17.3. The van der Waals surface area contributed by atoms with Gasteiger partial charge in [0, 0.05) is 18.8 Å². The summed E-state index contributed by atoms with van der Waals surface area (Å²) in [6.45, 7) is 4.24. The summed E-state index contributed by atoms with van der Waals surface area (Å²) in [5, 5.41) is 2.93. The van der Waals surface area contributed by atoms with Crippen LogP contribution in [0.25, 0.3) is 0 Å². The molecule has 0 aliphatic heterocycles. The third-order valence-corrected chi connectivity index (χ3v) is 3.83. The molecule has 1 N–H and O–H groups in total. The summed E-state index contributed by atoms with van der Waals surface area (Å²) < 4.78 is 5.19. The molecule has 0 heterocycles. The number of nitrogens with one attached hydrogen (secondary N) is 1. The number of carbonyl (C=O) groups excluding carboxylic acids is 1. The summed E-state index contributed by atoms with van der Waals surface area (Å²) in [4.78, 5) is 14.4. The molecule has 0 radical (unpaired) electrons. The highest BCUT2D eigenvalue weighted by atomic mass is 16.5. The molecule has 4 heteroatoms. The number of carbonyl (C=O) groups is 1. The monoisotopic (exact) mass is 312 g/mol. The number of nitrogens with zero attached hydrogens (tertiary/aromatic N) is 1. The molecule has 2 aromatic rings. The lowest BCUT2D eigenvalue weighted by Gasteiger charge is -2.31. The van der Waals surface area contributed by atoms with Gasteiger partial charge < -0.3 is 15.0 Å². The van der Waals surface area contributed by atoms with E-state index in [9.17, 15) is 4.79 Å². The van der Waals surface area contributed by atoms with Crippen LogP contribution >= 0.6 is 0 Å². The van der Waals surface area contributed by atoms with Crippen LogP contribution in [0.5, 0.6) is 5.75 Å². The fourth-order valence-corrected chi connectivity index (χ4v) is 2.74. The van der Waals surface area contributed by atoms with Gasteiger partial charge in [0.25, 0.3) is 0 Å². The topological polar surface area (TPSA) is 41.6 Å². The Morgan fingerprint density at radius 2 is 1.78 bits per heavy atom. The molecule has 0 spiro atoms. The van der Waals surface area contributed by atoms with E-state index in [-0.39, 0.29) is 12.1 Å². The number of methoxy groups -OCH3 is 1. The third-order valence-electron chi connectivity index (χ3n) is 3.83. The molecule has 0 aromatic heterocycles. The van der Waals surface area contributed by atoms with Crippen LogP contribution in [-0.4, -0.2) is 25.1 Å². The lowest BCUT2D eigenvalue weighted by Crippen LogP contribution is -2.37. The van der Waals surface area contributed by atoms with Gasteiger partial charge in [0.15, 0.2) is 0 Å². The predicted octanol–water partition coefficient (Wildman–Crippen LogP) is 4.56. The Kier molecular flexibility index (Phi) is 5.63. The molecule has 0 aliphatic rings. The maximum absolute atomic E-state index is 12.6. The summed E-state index contributed by atoms with van der Waals surface area (Å²) >= 11 is 0. The van der Waals surface area contributed by atoms with E-state index in [1.807, 2.05) is 43.4 Å². The van der Waals surface area contributed by atoms with E-state index in [0.717, 1.165) is 11.3 Å². The molecule has 2 aromatic carbocycles. The van der Waals surface area contributed by atoms with Crippen molar-refractivity contribution in [1.82, 2.24) is 4.90 Å². The number of hydrogen-bond acceptors (Lipinski definition) is 2. The van der Waals surface area contributed by atoms with Gasteiger partial charge in [-0.1, -0.05) is 50.2 Å². The Balaban J connectivity index is 2.16. The fourth-order valence-electron chi connectivity index (χ4n) is 2.74. The van der Waals surface area contributed by atoms with Crippen LogP contribution in [0.2, 0.25) is 0 Å². The Labute approximate surface area is 138 Å². The first-order valence-electron chi connectivity index (χ1n) is 7.75. The number of rotatable bonds is 5. The Bertz CT molecular complexity index is 641. The molecule has 0 saturated carbocycles. The van der Waals surface area contributed by atoms with Crippen LogP contribution in [0.15, 0.2) is 54.6 Å². The maximum Gasteiger partial charge on any atom is 0.322 e. The average Bonchev–Trinajstić information content (AvgIpc) is 2.55. The summed E-state index contributed by atoms with van der Waals surface area (Å²) in [5.74, 6) is 1.02. The van der Waals surface area contributed by atoms with Crippen molar-refractivity contribution in [1.29, 1.82) is 0 Å². The highest BCUT2D eigenvalue weighted by molar-refractivity contribution is 5.89. The molecule has 0 fully saturated rings. The summed E-state index contributed by atoms with van der Waals surface area (Å²) in [6.07, 6.45) is 0. The molecule has 2 rings (SSSR count). The number of benzene rings is 2. The normalized spacial score (nSPS) is 11.9. The minimum Gasteiger partial charge on any atom is -0.497 e. The number of anilines is 1. The van der Waals surface area contributed by atoms with Crippen LogP contribution < -0.4 is 10.1 Å². The van der Waals surface area contributed by atoms with E-state index in [2.05, 4.69) is 31.3 Å². The quantitative estimate of drug-likeness (QED) is 0.879. The molecule has 2 amide bonds. The lowest BCUT2D eigenvalue weighted by atomic mass is 9.95. The highest BCUT2D eigenvalue weighted by Crippen LogP contribution is 2.28. The van der Waals surface area contributed by atoms with Crippen molar-refractivity contribution >= 4 is 11.7 Å². The van der Waals surface area contributed by atoms with Crippen molar-refractivity contribution in [3.63, 3.8) is 0 Å². The van der Waals surface area contributed by atoms with E-state index in [1.54, 1.807) is 18.1 Å². The minimum absolute atomic E-state index is 0.0156. The minimum atomic E-state index is -0.138. The standard InChI is InChI=1S/C19H24N2O2/c1-14(2)18(15-9-6-5-7-10-15)21(3)19(22)20-16-11-8-12-17(13-16)23-4/h5-14,18H,1-4H3,(H,20,22)/t18-/m1/s1. The Morgan fingerprint density at radius 3 is 2.39 bits per heavy atom. The first-order chi connectivity index (χ1) is 11.0. The van der Waals surface area contributed by atoms with Gasteiger partial charge in [0.05, 0.1) is 13.2 Å². The van der Waals surface area contributed by atoms with E-state index in [0.29, 0.717) is 11.7 Å². The van der Waals surface area contributed by atoms with E-state index < -0.39 is 0 Å². The second kappa shape index (κ2) is 7.68. The van der Waals surface area contributed by atoms with Crippen LogP contribution in [0.1, 0.15) is 25.5 Å². The maximum atomic E-state index is 12.6. The number of ether oxygens (including phenoxy) is 1. The second-order valence-electron chi connectivity index (χ2n) is 5.87. The number of amides is 2. The summed E-state index contributed by atoms with van der Waals surface area (Å²) in [7, 11) is 3.43. The smallest absolute Gasteiger partial charge is 0.322 e. The zero-order valence-electron chi connectivity index (χ0n) is 14.1. The Hall–Kier alpha value is -2.49. The van der Waals surface area contributed by atoms with Crippen LogP contribution in [0.3, 0.4) is 0 Å². The van der Waals surface area contributed by atoms with Crippen molar-refractivity contribution < 1.29 is 9.53 Å². The zero-order valence-corrected chi connectivity index (χ0v) is 14.1. The first-order valence-corrected chi connectivity index (χ1v) is 7.75. The van der Waals surface area contributed by atoms with Gasteiger partial charge in [-0.2, -0.15) is 0 Å². The summed E-state index contributed by atoms with van der Waals surface area (Å²) in [5.41, 5.74) is 1.85. The van der Waals surface area contributed by atoms with Gasteiger partial charge in [0.2, 0.25) is 0 Å². The van der Waals surface area contributed by atoms with E-state index in [4.69, 9.17) is 4.74 Å². The molecule has 1 atom stereocenters. The molecule has 0 bridgehead atoms. The van der Waals surface area contributed by atoms with Gasteiger partial charge in [-0.05, 0) is 23.6 Å². The zero-order chi connectivity index (χ0) is 16.8. The molecule has 4 nitrogen and oxygen atoms in total. The molecule has 0 saturated heterocycles. The highest BCUT2D eigenvalue weighted by Gasteiger charge is 2.24. The number of hydrogen-bond donors (Lipinski definition) is 1. The van der Waals surface area contributed by atoms with Crippen molar-refractivity contribution in [2.75, 3.05) is 19.5 Å². The lowest BCUT2D eigenvalue weighted by molar-refractivity contribution is 0.186. The molecular weight excluding hydrogens is 288 g/mol. The SMILES string of the molecule is COc1cccc(NC(=O)N(C)[C@@H](c2ccccc2)C(C)C)c1. The van der Waals surface area contributed by atoms with Crippen molar-refractivity contribution in [2.45, 2.75) is 19.9 Å². The van der Waals surface area contributed by atoms with Crippen molar-refractivity contribution in [2.24, 2.45) is 5.92 Å².